The van der Waals surface area contributed by atoms with Crippen LogP contribution in [0.2, 0.25) is 0 Å². The van der Waals surface area contributed by atoms with E-state index in [9.17, 15) is 15.0 Å². The highest BCUT2D eigenvalue weighted by Crippen LogP contribution is 2.28. The van der Waals surface area contributed by atoms with Crippen molar-refractivity contribution in [1.82, 2.24) is 10.2 Å². The van der Waals surface area contributed by atoms with Crippen molar-refractivity contribution in [2.45, 2.75) is 38.1 Å². The molecule has 0 aromatic heterocycles. The summed E-state index contributed by atoms with van der Waals surface area (Å²) in [7, 11) is 0. The molecule has 0 spiro atoms. The first-order chi connectivity index (χ1) is 9.56. The van der Waals surface area contributed by atoms with Gasteiger partial charge in [-0.05, 0) is 6.92 Å². The molecule has 110 valence electrons. The molecule has 7 nitrogen and oxygen atoms in total. The number of aliphatic hydroxyl groups is 2. The first-order valence-corrected chi connectivity index (χ1v) is 6.33. The van der Waals surface area contributed by atoms with Gasteiger partial charge in [-0.2, -0.15) is 0 Å². The Hall–Kier alpha value is -1.59. The number of ether oxygens (including phenoxy) is 2. The van der Waals surface area contributed by atoms with E-state index in [1.807, 2.05) is 0 Å². The van der Waals surface area contributed by atoms with Crippen LogP contribution < -0.4 is 5.32 Å². The molecular formula is C13H18N2O5. The van der Waals surface area contributed by atoms with Crippen LogP contribution in [0.25, 0.3) is 0 Å². The van der Waals surface area contributed by atoms with E-state index in [-0.39, 0.29) is 25.2 Å². The van der Waals surface area contributed by atoms with Crippen molar-refractivity contribution in [2.75, 3.05) is 13.2 Å². The molecule has 2 rings (SSSR count). The number of nitrogens with one attached hydrogen (secondary N) is 1. The van der Waals surface area contributed by atoms with Gasteiger partial charge in [-0.25, -0.2) is 0 Å². The standard InChI is InChI=1S/C13H18N2O5/c1-3-4-19-9-5-11(20-10(9)7-16)15-6-8(2)12(17)14-13(15)18/h1,6,9-11,13,16,18H,4-5,7H2,2H3,(H,14,17)/t9?,10-,11-,13?/m1/s1. The molecule has 2 unspecified atom stereocenters. The quantitative estimate of drug-likeness (QED) is 0.557. The Morgan fingerprint density at radius 3 is 3.10 bits per heavy atom. The van der Waals surface area contributed by atoms with Crippen molar-refractivity contribution in [1.29, 1.82) is 0 Å². The average molecular weight is 282 g/mol. The Kier molecular flexibility index (Phi) is 4.62. The van der Waals surface area contributed by atoms with Gasteiger partial charge in [-0.15, -0.1) is 6.42 Å². The van der Waals surface area contributed by atoms with Crippen LogP contribution in [0.15, 0.2) is 11.8 Å². The Bertz CT molecular complexity index is 445. The molecule has 1 amide bonds. The molecule has 0 aliphatic carbocycles. The summed E-state index contributed by atoms with van der Waals surface area (Å²) in [6.07, 6.45) is 4.59. The number of aliphatic hydroxyl groups excluding tert-OH is 2. The highest BCUT2D eigenvalue weighted by atomic mass is 16.6. The third-order valence-electron chi connectivity index (χ3n) is 3.32. The highest BCUT2D eigenvalue weighted by Gasteiger charge is 2.41. The van der Waals surface area contributed by atoms with Crippen molar-refractivity contribution in [3.05, 3.63) is 11.8 Å². The van der Waals surface area contributed by atoms with E-state index in [0.717, 1.165) is 0 Å². The predicted molar refractivity (Wildman–Crippen MR) is 68.7 cm³/mol. The van der Waals surface area contributed by atoms with Crippen LogP contribution in [0.3, 0.4) is 0 Å². The topological polar surface area (TPSA) is 91.3 Å². The zero-order chi connectivity index (χ0) is 14.7. The lowest BCUT2D eigenvalue weighted by Gasteiger charge is -2.35. The van der Waals surface area contributed by atoms with Gasteiger partial charge >= 0.3 is 0 Å². The summed E-state index contributed by atoms with van der Waals surface area (Å²) >= 11 is 0. The molecule has 7 heteroatoms. The van der Waals surface area contributed by atoms with Gasteiger partial charge in [0, 0.05) is 18.2 Å². The first-order valence-electron chi connectivity index (χ1n) is 6.33. The Morgan fingerprint density at radius 1 is 1.70 bits per heavy atom. The van der Waals surface area contributed by atoms with Gasteiger partial charge in [0.1, 0.15) is 18.9 Å². The van der Waals surface area contributed by atoms with Gasteiger partial charge in [0.15, 0.2) is 0 Å². The van der Waals surface area contributed by atoms with E-state index < -0.39 is 18.7 Å². The molecule has 2 aliphatic heterocycles. The van der Waals surface area contributed by atoms with Crippen molar-refractivity contribution in [3.63, 3.8) is 0 Å². The SMILES string of the molecule is C#CCOC1C[C@H](N2C=C(C)C(=O)NC2O)O[C@@H]1CO. The molecule has 1 saturated heterocycles. The maximum atomic E-state index is 11.4. The molecule has 2 aliphatic rings. The number of hydrogen-bond donors (Lipinski definition) is 3. The number of rotatable bonds is 4. The van der Waals surface area contributed by atoms with Crippen molar-refractivity contribution in [2.24, 2.45) is 0 Å². The van der Waals surface area contributed by atoms with Gasteiger partial charge in [-0.1, -0.05) is 5.92 Å². The van der Waals surface area contributed by atoms with Gasteiger partial charge in [0.05, 0.1) is 12.7 Å². The van der Waals surface area contributed by atoms with Crippen LogP contribution in [0.4, 0.5) is 0 Å². The van der Waals surface area contributed by atoms with E-state index in [4.69, 9.17) is 15.9 Å². The first kappa shape index (κ1) is 14.8. The summed E-state index contributed by atoms with van der Waals surface area (Å²) in [5, 5.41) is 21.6. The fraction of sp³-hybridized carbons (Fsp3) is 0.615. The molecular weight excluding hydrogens is 264 g/mol. The second-order valence-corrected chi connectivity index (χ2v) is 4.71. The van der Waals surface area contributed by atoms with Crippen LogP contribution in [0, 0.1) is 12.3 Å². The maximum absolute atomic E-state index is 11.4. The van der Waals surface area contributed by atoms with Crippen molar-refractivity contribution < 1.29 is 24.5 Å². The molecule has 0 saturated carbocycles. The molecule has 0 aromatic carbocycles. The lowest BCUT2D eigenvalue weighted by atomic mass is 10.1. The molecule has 0 radical (unpaired) electrons. The number of amides is 1. The maximum Gasteiger partial charge on any atom is 0.251 e. The van der Waals surface area contributed by atoms with E-state index in [2.05, 4.69) is 11.2 Å². The van der Waals surface area contributed by atoms with Crippen LogP contribution in [-0.2, 0) is 14.3 Å². The fourth-order valence-electron chi connectivity index (χ4n) is 2.28. The monoisotopic (exact) mass is 282 g/mol. The summed E-state index contributed by atoms with van der Waals surface area (Å²) in [5.74, 6) is 2.04. The zero-order valence-electron chi connectivity index (χ0n) is 11.2. The van der Waals surface area contributed by atoms with Gasteiger partial charge in [0.2, 0.25) is 6.35 Å². The molecule has 1 fully saturated rings. The normalized spacial score (nSPS) is 33.6. The number of terminal acetylenes is 1. The summed E-state index contributed by atoms with van der Waals surface area (Å²) in [6, 6.07) is 0. The van der Waals surface area contributed by atoms with Gasteiger partial charge in [-0.3, -0.25) is 4.79 Å². The zero-order valence-corrected chi connectivity index (χ0v) is 11.2. The summed E-state index contributed by atoms with van der Waals surface area (Å²) < 4.78 is 11.1. The van der Waals surface area contributed by atoms with Crippen LogP contribution in [-0.4, -0.2) is 59.0 Å². The van der Waals surface area contributed by atoms with Crippen LogP contribution >= 0.6 is 0 Å². The predicted octanol–water partition coefficient (Wildman–Crippen LogP) is -1.28. The smallest absolute Gasteiger partial charge is 0.251 e. The van der Waals surface area contributed by atoms with Crippen molar-refractivity contribution >= 4 is 5.91 Å². The molecule has 3 N–H and O–H groups in total. The van der Waals surface area contributed by atoms with E-state index in [1.165, 1.54) is 11.1 Å². The Morgan fingerprint density at radius 2 is 2.45 bits per heavy atom. The van der Waals surface area contributed by atoms with E-state index in [1.54, 1.807) is 6.92 Å². The summed E-state index contributed by atoms with van der Waals surface area (Å²) in [5.41, 5.74) is 0.465. The lowest BCUT2D eigenvalue weighted by molar-refractivity contribution is -0.143. The highest BCUT2D eigenvalue weighted by molar-refractivity contribution is 5.93. The Balaban J connectivity index is 2.07. The summed E-state index contributed by atoms with van der Waals surface area (Å²) in [6.45, 7) is 1.56. The minimum Gasteiger partial charge on any atom is -0.394 e. The van der Waals surface area contributed by atoms with Crippen LogP contribution in [0.1, 0.15) is 13.3 Å². The third kappa shape index (κ3) is 2.94. The number of nitrogens with zero attached hydrogens (tertiary/aromatic N) is 1. The fourth-order valence-corrected chi connectivity index (χ4v) is 2.28. The van der Waals surface area contributed by atoms with Gasteiger partial charge in [0.25, 0.3) is 5.91 Å². The number of carbonyl (C=O) groups is 1. The van der Waals surface area contributed by atoms with E-state index >= 15 is 0 Å². The largest absolute Gasteiger partial charge is 0.394 e. The second-order valence-electron chi connectivity index (χ2n) is 4.71. The minimum atomic E-state index is -1.16. The molecule has 2 heterocycles. The molecule has 0 bridgehead atoms. The molecule has 20 heavy (non-hydrogen) atoms. The summed E-state index contributed by atoms with van der Waals surface area (Å²) in [4.78, 5) is 12.9. The molecule has 0 aromatic rings. The Labute approximate surface area is 117 Å². The van der Waals surface area contributed by atoms with Gasteiger partial charge < -0.3 is 29.9 Å². The molecule has 4 atom stereocenters. The minimum absolute atomic E-state index is 0.130. The second kappa shape index (κ2) is 6.24. The van der Waals surface area contributed by atoms with E-state index in [0.29, 0.717) is 12.0 Å². The number of carbonyl (C=O) groups excluding carboxylic acids is 1. The average Bonchev–Trinajstić information content (AvgIpc) is 2.83. The lowest BCUT2D eigenvalue weighted by Crippen LogP contribution is -2.53. The number of hydrogen-bond acceptors (Lipinski definition) is 6. The van der Waals surface area contributed by atoms with Crippen LogP contribution in [0.5, 0.6) is 0 Å². The third-order valence-corrected chi connectivity index (χ3v) is 3.32. The van der Waals surface area contributed by atoms with Crippen molar-refractivity contribution in [3.8, 4) is 12.3 Å².